The summed E-state index contributed by atoms with van der Waals surface area (Å²) in [4.78, 5) is 14.0. The summed E-state index contributed by atoms with van der Waals surface area (Å²) in [5.41, 5.74) is 0. The molecule has 0 aromatic rings. The Labute approximate surface area is 74.1 Å². The normalized spacial score (nSPS) is 41.9. The van der Waals surface area contributed by atoms with Gasteiger partial charge in [-0.25, -0.2) is 9.79 Å². The Bertz CT molecular complexity index is 196. The summed E-state index contributed by atoms with van der Waals surface area (Å²) in [7, 11) is 0. The van der Waals surface area contributed by atoms with Gasteiger partial charge in [-0.15, -0.1) is 0 Å². The Hall–Kier alpha value is -0.620. The van der Waals surface area contributed by atoms with E-state index >= 15 is 0 Å². The fourth-order valence-corrected chi connectivity index (χ4v) is 2.08. The Balaban J connectivity index is 2.64. The van der Waals surface area contributed by atoms with Gasteiger partial charge >= 0.3 is 0 Å². The van der Waals surface area contributed by atoms with Crippen molar-refractivity contribution in [3.05, 3.63) is 0 Å². The van der Waals surface area contributed by atoms with Gasteiger partial charge in [-0.2, -0.15) is 0 Å². The molecule has 0 saturated heterocycles. The highest BCUT2D eigenvalue weighted by Gasteiger charge is 2.31. The van der Waals surface area contributed by atoms with Crippen molar-refractivity contribution in [3.8, 4) is 0 Å². The van der Waals surface area contributed by atoms with Gasteiger partial charge < -0.3 is 0 Å². The topological polar surface area (TPSA) is 29.4 Å². The molecule has 0 aromatic carbocycles. The van der Waals surface area contributed by atoms with Crippen molar-refractivity contribution < 1.29 is 4.79 Å². The van der Waals surface area contributed by atoms with Crippen LogP contribution in [0.3, 0.4) is 0 Å². The standard InChI is InChI=1S/C10H17NO/c1-7-4-5-10(11-6-12)9(3)8(7)2/h7-10H,4-5H2,1-3H3. The molecule has 1 fully saturated rings. The third-order valence-corrected chi connectivity index (χ3v) is 3.47. The molecule has 0 radical (unpaired) electrons. The molecule has 2 heteroatoms. The van der Waals surface area contributed by atoms with E-state index in [4.69, 9.17) is 0 Å². The van der Waals surface area contributed by atoms with Crippen molar-refractivity contribution in [2.45, 2.75) is 39.7 Å². The van der Waals surface area contributed by atoms with Gasteiger partial charge in [-0.1, -0.05) is 20.8 Å². The summed E-state index contributed by atoms with van der Waals surface area (Å²) in [5.74, 6) is 1.99. The first-order valence-electron chi connectivity index (χ1n) is 4.73. The first-order valence-corrected chi connectivity index (χ1v) is 4.73. The van der Waals surface area contributed by atoms with Gasteiger partial charge in [-0.3, -0.25) is 0 Å². The lowest BCUT2D eigenvalue weighted by atomic mass is 9.72. The van der Waals surface area contributed by atoms with E-state index in [1.807, 2.05) is 0 Å². The minimum absolute atomic E-state index is 0.230. The zero-order chi connectivity index (χ0) is 9.14. The average molecular weight is 167 g/mol. The zero-order valence-electron chi connectivity index (χ0n) is 8.08. The molecular weight excluding hydrogens is 150 g/mol. The highest BCUT2D eigenvalue weighted by Crippen LogP contribution is 2.35. The maximum Gasteiger partial charge on any atom is 0.235 e. The molecule has 12 heavy (non-hydrogen) atoms. The quantitative estimate of drug-likeness (QED) is 0.435. The molecule has 1 rings (SSSR count). The molecule has 0 amide bonds. The zero-order valence-corrected chi connectivity index (χ0v) is 8.08. The van der Waals surface area contributed by atoms with Gasteiger partial charge in [-0.05, 0) is 30.6 Å². The third-order valence-electron chi connectivity index (χ3n) is 3.47. The average Bonchev–Trinajstić information content (AvgIpc) is 2.07. The number of hydrogen-bond acceptors (Lipinski definition) is 2. The highest BCUT2D eigenvalue weighted by molar-refractivity contribution is 5.33. The van der Waals surface area contributed by atoms with Crippen LogP contribution in [-0.2, 0) is 4.79 Å². The fraction of sp³-hybridized carbons (Fsp3) is 0.900. The molecule has 1 aliphatic rings. The van der Waals surface area contributed by atoms with Crippen LogP contribution in [-0.4, -0.2) is 12.1 Å². The molecule has 1 aliphatic carbocycles. The predicted octanol–water partition coefficient (Wildman–Crippen LogP) is 2.39. The van der Waals surface area contributed by atoms with E-state index in [0.717, 1.165) is 12.3 Å². The number of isocyanates is 1. The van der Waals surface area contributed by atoms with Crippen molar-refractivity contribution in [1.29, 1.82) is 0 Å². The van der Waals surface area contributed by atoms with E-state index in [1.54, 1.807) is 6.08 Å². The maximum absolute atomic E-state index is 10.1. The number of carbonyl (C=O) groups excluding carboxylic acids is 1. The van der Waals surface area contributed by atoms with E-state index < -0.39 is 0 Å². The summed E-state index contributed by atoms with van der Waals surface area (Å²) in [6, 6.07) is 0.230. The Morgan fingerprint density at radius 1 is 1.17 bits per heavy atom. The largest absolute Gasteiger partial charge is 0.235 e. The summed E-state index contributed by atoms with van der Waals surface area (Å²) < 4.78 is 0. The molecule has 68 valence electrons. The summed E-state index contributed by atoms with van der Waals surface area (Å²) in [6.45, 7) is 6.72. The van der Waals surface area contributed by atoms with Crippen LogP contribution in [0.1, 0.15) is 33.6 Å². The Kier molecular flexibility index (Phi) is 3.05. The number of hydrogen-bond donors (Lipinski definition) is 0. The molecule has 0 bridgehead atoms. The lowest BCUT2D eigenvalue weighted by Gasteiger charge is -2.35. The summed E-state index contributed by atoms with van der Waals surface area (Å²) in [6.07, 6.45) is 3.93. The molecule has 4 atom stereocenters. The molecule has 0 aliphatic heterocycles. The fourth-order valence-electron chi connectivity index (χ4n) is 2.08. The van der Waals surface area contributed by atoms with Crippen LogP contribution >= 0.6 is 0 Å². The van der Waals surface area contributed by atoms with Gasteiger partial charge in [0.05, 0.1) is 6.04 Å². The molecule has 4 unspecified atom stereocenters. The highest BCUT2D eigenvalue weighted by atomic mass is 16.1. The number of nitrogens with zero attached hydrogens (tertiary/aromatic N) is 1. The van der Waals surface area contributed by atoms with E-state index in [9.17, 15) is 4.79 Å². The minimum atomic E-state index is 0.230. The first kappa shape index (κ1) is 9.47. The Morgan fingerprint density at radius 3 is 2.42 bits per heavy atom. The Morgan fingerprint density at radius 2 is 1.83 bits per heavy atom. The molecule has 1 saturated carbocycles. The lowest BCUT2D eigenvalue weighted by molar-refractivity contribution is 0.172. The number of aliphatic imine (C=N–C) groups is 1. The molecule has 0 aromatic heterocycles. The second kappa shape index (κ2) is 3.86. The number of rotatable bonds is 1. The molecule has 2 nitrogen and oxygen atoms in total. The summed E-state index contributed by atoms with van der Waals surface area (Å²) >= 11 is 0. The van der Waals surface area contributed by atoms with Crippen LogP contribution < -0.4 is 0 Å². The maximum atomic E-state index is 10.1. The van der Waals surface area contributed by atoms with Crippen LogP contribution in [0.5, 0.6) is 0 Å². The van der Waals surface area contributed by atoms with Gasteiger partial charge in [0.2, 0.25) is 6.08 Å². The predicted molar refractivity (Wildman–Crippen MR) is 48.6 cm³/mol. The minimum Gasteiger partial charge on any atom is -0.211 e. The SMILES string of the molecule is CC1CCC(N=C=O)C(C)C1C. The van der Waals surface area contributed by atoms with Crippen LogP contribution in [0.15, 0.2) is 4.99 Å². The van der Waals surface area contributed by atoms with E-state index in [1.165, 1.54) is 6.42 Å². The molecule has 0 spiro atoms. The van der Waals surface area contributed by atoms with Crippen LogP contribution in [0.25, 0.3) is 0 Å². The van der Waals surface area contributed by atoms with Crippen molar-refractivity contribution >= 4 is 6.08 Å². The van der Waals surface area contributed by atoms with Crippen molar-refractivity contribution in [2.75, 3.05) is 0 Å². The molecule has 0 heterocycles. The van der Waals surface area contributed by atoms with E-state index in [-0.39, 0.29) is 6.04 Å². The first-order chi connectivity index (χ1) is 5.66. The van der Waals surface area contributed by atoms with Crippen LogP contribution in [0, 0.1) is 17.8 Å². The lowest BCUT2D eigenvalue weighted by Crippen LogP contribution is -2.32. The van der Waals surface area contributed by atoms with Crippen LogP contribution in [0.2, 0.25) is 0 Å². The smallest absolute Gasteiger partial charge is 0.211 e. The summed E-state index contributed by atoms with van der Waals surface area (Å²) in [5, 5.41) is 0. The van der Waals surface area contributed by atoms with E-state index in [0.29, 0.717) is 11.8 Å². The third kappa shape index (κ3) is 1.75. The molecule has 0 N–H and O–H groups in total. The van der Waals surface area contributed by atoms with Gasteiger partial charge in [0.25, 0.3) is 0 Å². The van der Waals surface area contributed by atoms with Crippen molar-refractivity contribution in [2.24, 2.45) is 22.7 Å². The van der Waals surface area contributed by atoms with E-state index in [2.05, 4.69) is 25.8 Å². The van der Waals surface area contributed by atoms with Gasteiger partial charge in [0, 0.05) is 0 Å². The molecular formula is C10H17NO. The van der Waals surface area contributed by atoms with Crippen molar-refractivity contribution in [1.82, 2.24) is 0 Å². The second-order valence-electron chi connectivity index (χ2n) is 4.06. The van der Waals surface area contributed by atoms with Crippen LogP contribution in [0.4, 0.5) is 0 Å². The second-order valence-corrected chi connectivity index (χ2v) is 4.06. The van der Waals surface area contributed by atoms with Crippen molar-refractivity contribution in [3.63, 3.8) is 0 Å². The monoisotopic (exact) mass is 167 g/mol. The van der Waals surface area contributed by atoms with Gasteiger partial charge in [0.15, 0.2) is 0 Å². The van der Waals surface area contributed by atoms with Gasteiger partial charge in [0.1, 0.15) is 0 Å².